The fourth-order valence-corrected chi connectivity index (χ4v) is 2.29. The van der Waals surface area contributed by atoms with E-state index in [1.807, 2.05) is 0 Å². The summed E-state index contributed by atoms with van der Waals surface area (Å²) in [4.78, 5) is 23.7. The summed E-state index contributed by atoms with van der Waals surface area (Å²) in [5.41, 5.74) is -0.518. The number of nitrogens with zero attached hydrogens (tertiary/aromatic N) is 2. The van der Waals surface area contributed by atoms with Crippen molar-refractivity contribution in [2.24, 2.45) is 0 Å². The van der Waals surface area contributed by atoms with Crippen LogP contribution in [-0.4, -0.2) is 29.2 Å². The van der Waals surface area contributed by atoms with Crippen molar-refractivity contribution >= 4 is 17.9 Å². The van der Waals surface area contributed by atoms with Gasteiger partial charge >= 0.3 is 18.2 Å². The van der Waals surface area contributed by atoms with E-state index >= 15 is 0 Å². The molecule has 1 N–H and O–H groups in total. The number of ether oxygens (including phenoxy) is 1. The van der Waals surface area contributed by atoms with E-state index in [4.69, 9.17) is 4.42 Å². The summed E-state index contributed by atoms with van der Waals surface area (Å²) in [6, 6.07) is 9.77. The molecule has 1 amide bonds. The van der Waals surface area contributed by atoms with Gasteiger partial charge in [-0.1, -0.05) is 17.2 Å². The number of esters is 1. The van der Waals surface area contributed by atoms with Crippen LogP contribution in [-0.2, 0) is 10.9 Å². The standard InChI is InChI=1S/C18H12F3N3O4/c1-27-16(26)12-6-2-5-11(8-12)15-23-24-17(28-15)22-14(25)10-4-3-7-13(9-10)18(19,20)21/h2-9H,1H3,(H,22,24,25). The van der Waals surface area contributed by atoms with Gasteiger partial charge in [0.05, 0.1) is 18.2 Å². The molecule has 144 valence electrons. The summed E-state index contributed by atoms with van der Waals surface area (Å²) in [5, 5.41) is 9.63. The van der Waals surface area contributed by atoms with Gasteiger partial charge in [-0.05, 0) is 36.4 Å². The zero-order chi connectivity index (χ0) is 20.3. The van der Waals surface area contributed by atoms with Crippen molar-refractivity contribution in [2.45, 2.75) is 6.18 Å². The largest absolute Gasteiger partial charge is 0.465 e. The molecule has 3 aromatic rings. The maximum absolute atomic E-state index is 12.8. The number of halogens is 3. The van der Waals surface area contributed by atoms with E-state index < -0.39 is 23.6 Å². The lowest BCUT2D eigenvalue weighted by molar-refractivity contribution is -0.137. The number of carbonyl (C=O) groups is 2. The fraction of sp³-hybridized carbons (Fsp3) is 0.111. The lowest BCUT2D eigenvalue weighted by atomic mass is 10.1. The Morgan fingerprint density at radius 3 is 2.46 bits per heavy atom. The molecule has 0 aliphatic heterocycles. The molecule has 0 aliphatic rings. The Bertz CT molecular complexity index is 1030. The number of hydrogen-bond acceptors (Lipinski definition) is 6. The number of methoxy groups -OCH3 is 1. The Morgan fingerprint density at radius 2 is 1.75 bits per heavy atom. The summed E-state index contributed by atoms with van der Waals surface area (Å²) in [6.07, 6.45) is -4.57. The fourth-order valence-electron chi connectivity index (χ4n) is 2.29. The summed E-state index contributed by atoms with van der Waals surface area (Å²) >= 11 is 0. The van der Waals surface area contributed by atoms with Crippen molar-refractivity contribution in [1.29, 1.82) is 0 Å². The molecule has 0 fully saturated rings. The second kappa shape index (κ2) is 7.51. The minimum atomic E-state index is -4.57. The summed E-state index contributed by atoms with van der Waals surface area (Å²) in [5.74, 6) is -1.39. The molecular formula is C18H12F3N3O4. The van der Waals surface area contributed by atoms with Gasteiger partial charge in [0.1, 0.15) is 0 Å². The highest BCUT2D eigenvalue weighted by atomic mass is 19.4. The Kier molecular flexibility index (Phi) is 5.12. The Morgan fingerprint density at radius 1 is 1.04 bits per heavy atom. The van der Waals surface area contributed by atoms with E-state index in [0.717, 1.165) is 12.1 Å². The maximum atomic E-state index is 12.8. The van der Waals surface area contributed by atoms with Gasteiger partial charge in [0, 0.05) is 11.1 Å². The molecule has 0 aliphatic carbocycles. The smallest absolute Gasteiger partial charge is 0.416 e. The van der Waals surface area contributed by atoms with Gasteiger partial charge in [0.2, 0.25) is 5.89 Å². The minimum Gasteiger partial charge on any atom is -0.465 e. The number of rotatable bonds is 4. The molecule has 0 spiro atoms. The van der Waals surface area contributed by atoms with Gasteiger partial charge in [-0.2, -0.15) is 13.2 Å². The summed E-state index contributed by atoms with van der Waals surface area (Å²) in [6.45, 7) is 0. The van der Waals surface area contributed by atoms with Crippen molar-refractivity contribution < 1.29 is 31.9 Å². The first-order chi connectivity index (χ1) is 13.3. The molecule has 7 nitrogen and oxygen atoms in total. The average Bonchev–Trinajstić information content (AvgIpc) is 3.15. The third kappa shape index (κ3) is 4.17. The molecule has 0 radical (unpaired) electrons. The zero-order valence-corrected chi connectivity index (χ0v) is 14.3. The molecule has 0 atom stereocenters. The first-order valence-electron chi connectivity index (χ1n) is 7.79. The number of alkyl halides is 3. The highest BCUT2D eigenvalue weighted by Crippen LogP contribution is 2.29. The van der Waals surface area contributed by atoms with Gasteiger partial charge in [0.25, 0.3) is 5.91 Å². The molecule has 1 heterocycles. The first-order valence-corrected chi connectivity index (χ1v) is 7.79. The Labute approximate surface area is 156 Å². The SMILES string of the molecule is COC(=O)c1cccc(-c2nnc(NC(=O)c3cccc(C(F)(F)F)c3)o2)c1. The summed E-state index contributed by atoms with van der Waals surface area (Å²) in [7, 11) is 1.24. The average molecular weight is 391 g/mol. The van der Waals surface area contributed by atoms with Crippen LogP contribution in [0, 0.1) is 0 Å². The van der Waals surface area contributed by atoms with E-state index in [-0.39, 0.29) is 23.0 Å². The predicted octanol–water partition coefficient (Wildman–Crippen LogP) is 3.79. The Balaban J connectivity index is 1.78. The minimum absolute atomic E-state index is 0.00472. The lowest BCUT2D eigenvalue weighted by Gasteiger charge is -2.07. The van der Waals surface area contributed by atoms with E-state index in [9.17, 15) is 22.8 Å². The first kappa shape index (κ1) is 19.1. The van der Waals surface area contributed by atoms with Gasteiger partial charge in [-0.15, -0.1) is 5.10 Å². The van der Waals surface area contributed by atoms with E-state index in [1.165, 1.54) is 25.3 Å². The van der Waals surface area contributed by atoms with Crippen LogP contribution in [0.1, 0.15) is 26.3 Å². The second-order valence-electron chi connectivity index (χ2n) is 5.52. The van der Waals surface area contributed by atoms with E-state index in [0.29, 0.717) is 11.6 Å². The van der Waals surface area contributed by atoms with Crippen molar-refractivity contribution in [3.63, 3.8) is 0 Å². The molecule has 28 heavy (non-hydrogen) atoms. The maximum Gasteiger partial charge on any atom is 0.416 e. The zero-order valence-electron chi connectivity index (χ0n) is 14.3. The molecular weight excluding hydrogens is 379 g/mol. The number of amides is 1. The van der Waals surface area contributed by atoms with E-state index in [2.05, 4.69) is 20.3 Å². The van der Waals surface area contributed by atoms with Crippen LogP contribution in [0.4, 0.5) is 19.2 Å². The topological polar surface area (TPSA) is 94.3 Å². The number of aromatic nitrogens is 2. The van der Waals surface area contributed by atoms with Crippen molar-refractivity contribution in [3.05, 3.63) is 65.2 Å². The van der Waals surface area contributed by atoms with Crippen molar-refractivity contribution in [3.8, 4) is 11.5 Å². The number of nitrogens with one attached hydrogen (secondary N) is 1. The second-order valence-corrected chi connectivity index (χ2v) is 5.52. The monoisotopic (exact) mass is 391 g/mol. The quantitative estimate of drug-likeness (QED) is 0.680. The van der Waals surface area contributed by atoms with Crippen LogP contribution >= 0.6 is 0 Å². The van der Waals surface area contributed by atoms with Gasteiger partial charge in [-0.25, -0.2) is 4.79 Å². The predicted molar refractivity (Wildman–Crippen MR) is 90.5 cm³/mol. The number of anilines is 1. The van der Waals surface area contributed by atoms with Crippen LogP contribution in [0.2, 0.25) is 0 Å². The number of carbonyl (C=O) groups excluding carboxylic acids is 2. The molecule has 1 aromatic heterocycles. The molecule has 0 bridgehead atoms. The lowest BCUT2D eigenvalue weighted by Crippen LogP contribution is -2.14. The number of hydrogen-bond donors (Lipinski definition) is 1. The van der Waals surface area contributed by atoms with E-state index in [1.54, 1.807) is 12.1 Å². The third-order valence-electron chi connectivity index (χ3n) is 3.63. The van der Waals surface area contributed by atoms with Gasteiger partial charge in [-0.3, -0.25) is 10.1 Å². The van der Waals surface area contributed by atoms with Crippen molar-refractivity contribution in [1.82, 2.24) is 10.2 Å². The molecule has 2 aromatic carbocycles. The van der Waals surface area contributed by atoms with Crippen LogP contribution in [0.25, 0.3) is 11.5 Å². The van der Waals surface area contributed by atoms with Crippen LogP contribution < -0.4 is 5.32 Å². The molecule has 3 rings (SSSR count). The van der Waals surface area contributed by atoms with Crippen LogP contribution in [0.5, 0.6) is 0 Å². The van der Waals surface area contributed by atoms with Crippen molar-refractivity contribution in [2.75, 3.05) is 12.4 Å². The highest BCUT2D eigenvalue weighted by molar-refractivity contribution is 6.03. The summed E-state index contributed by atoms with van der Waals surface area (Å²) < 4.78 is 48.2. The highest BCUT2D eigenvalue weighted by Gasteiger charge is 2.31. The van der Waals surface area contributed by atoms with Crippen LogP contribution in [0.3, 0.4) is 0 Å². The molecule has 0 unspecified atom stereocenters. The van der Waals surface area contributed by atoms with Gasteiger partial charge < -0.3 is 9.15 Å². The van der Waals surface area contributed by atoms with Crippen LogP contribution in [0.15, 0.2) is 52.9 Å². The third-order valence-corrected chi connectivity index (χ3v) is 3.63. The normalized spacial score (nSPS) is 11.1. The molecule has 0 saturated carbocycles. The molecule has 10 heteroatoms. The van der Waals surface area contributed by atoms with Gasteiger partial charge in [0.15, 0.2) is 0 Å². The Hall–Kier alpha value is -3.69. The number of benzene rings is 2. The molecule has 0 saturated heterocycles.